The third-order valence-electron chi connectivity index (χ3n) is 6.15. The Kier molecular flexibility index (Phi) is 5.81. The van der Waals surface area contributed by atoms with E-state index < -0.39 is 17.3 Å². The van der Waals surface area contributed by atoms with E-state index in [2.05, 4.69) is 12.1 Å². The van der Waals surface area contributed by atoms with Crippen LogP contribution in [0.5, 0.6) is 0 Å². The van der Waals surface area contributed by atoms with Crippen LogP contribution in [0.25, 0.3) is 6.08 Å². The summed E-state index contributed by atoms with van der Waals surface area (Å²) >= 11 is 0. The Labute approximate surface area is 178 Å². The molecular formula is C26H30O4. The lowest BCUT2D eigenvalue weighted by Gasteiger charge is -2.53. The molecule has 2 aromatic carbocycles. The molecule has 0 aliphatic carbocycles. The van der Waals surface area contributed by atoms with Crippen LogP contribution in [0, 0.1) is 5.41 Å². The normalized spacial score (nSPS) is 30.6. The number of ether oxygens (including phenoxy) is 3. The van der Waals surface area contributed by atoms with Gasteiger partial charge in [0.15, 0.2) is 5.79 Å². The molecule has 0 saturated carbocycles. The van der Waals surface area contributed by atoms with Crippen molar-refractivity contribution in [3.05, 3.63) is 77.9 Å². The number of hydrogen-bond acceptors (Lipinski definition) is 4. The van der Waals surface area contributed by atoms with Gasteiger partial charge in [0.2, 0.25) is 0 Å². The first-order valence-electron chi connectivity index (χ1n) is 10.7. The van der Waals surface area contributed by atoms with Crippen LogP contribution in [0.1, 0.15) is 44.7 Å². The second kappa shape index (κ2) is 8.37. The van der Waals surface area contributed by atoms with E-state index in [-0.39, 0.29) is 18.2 Å². The molecule has 2 heterocycles. The highest BCUT2D eigenvalue weighted by atomic mass is 16.7. The summed E-state index contributed by atoms with van der Waals surface area (Å²) in [5, 5.41) is 0. The molecule has 4 atom stereocenters. The van der Waals surface area contributed by atoms with E-state index in [1.54, 1.807) is 0 Å². The molecule has 2 aliphatic rings. The summed E-state index contributed by atoms with van der Waals surface area (Å²) in [6, 6.07) is 20.3. The van der Waals surface area contributed by atoms with Crippen LogP contribution >= 0.6 is 0 Å². The molecule has 0 aromatic heterocycles. The summed E-state index contributed by atoms with van der Waals surface area (Å²) in [4.78, 5) is 13.2. The molecule has 4 heteroatoms. The number of carbonyl (C=O) groups is 1. The van der Waals surface area contributed by atoms with Crippen LogP contribution in [0.3, 0.4) is 0 Å². The van der Waals surface area contributed by atoms with Crippen molar-refractivity contribution < 1.29 is 19.0 Å². The van der Waals surface area contributed by atoms with E-state index in [4.69, 9.17) is 14.2 Å². The maximum atomic E-state index is 13.2. The molecule has 0 bridgehead atoms. The molecular weight excluding hydrogens is 376 g/mol. The van der Waals surface area contributed by atoms with Gasteiger partial charge in [0.1, 0.15) is 11.5 Å². The highest BCUT2D eigenvalue weighted by Gasteiger charge is 2.59. The van der Waals surface area contributed by atoms with Crippen molar-refractivity contribution in [2.24, 2.45) is 5.41 Å². The lowest BCUT2D eigenvalue weighted by molar-refractivity contribution is -0.342. The lowest BCUT2D eigenvalue weighted by Crippen LogP contribution is -2.63. The standard InChI is InChI=1S/C26H30O4/c1-25(2)29-22(17-15-20-12-8-5-9-13-20)26(3)23(30-25)18-21(28-24(26)27)16-14-19-10-6-4-7-11-19/h4-13,15,17,21-23H,14,16,18H2,1-3H3/b17-15+/t21-,22-,23-,26+/m1/s1. The van der Waals surface area contributed by atoms with Crippen LogP contribution < -0.4 is 0 Å². The highest BCUT2D eigenvalue weighted by molar-refractivity contribution is 5.80. The SMILES string of the molecule is CC1(C)O[C@H](/C=C/c2ccccc2)[C@]2(C)C(=O)O[C@H](CCc3ccccc3)C[C@H]2O1. The molecule has 4 nitrogen and oxygen atoms in total. The van der Waals surface area contributed by atoms with E-state index >= 15 is 0 Å². The Hall–Kier alpha value is -2.43. The number of aryl methyl sites for hydroxylation is 1. The third-order valence-corrected chi connectivity index (χ3v) is 6.15. The first-order valence-corrected chi connectivity index (χ1v) is 10.7. The maximum Gasteiger partial charge on any atom is 0.317 e. The minimum Gasteiger partial charge on any atom is -0.462 e. The lowest BCUT2D eigenvalue weighted by atomic mass is 9.72. The van der Waals surface area contributed by atoms with Gasteiger partial charge in [0, 0.05) is 6.42 Å². The Morgan fingerprint density at radius 1 is 0.967 bits per heavy atom. The summed E-state index contributed by atoms with van der Waals surface area (Å²) in [7, 11) is 0. The number of cyclic esters (lactones) is 1. The predicted molar refractivity (Wildman–Crippen MR) is 117 cm³/mol. The number of esters is 1. The van der Waals surface area contributed by atoms with Gasteiger partial charge in [0.05, 0.1) is 12.2 Å². The van der Waals surface area contributed by atoms with Crippen molar-refractivity contribution in [2.75, 3.05) is 0 Å². The van der Waals surface area contributed by atoms with Gasteiger partial charge in [-0.05, 0) is 44.7 Å². The fourth-order valence-corrected chi connectivity index (χ4v) is 4.36. The van der Waals surface area contributed by atoms with Crippen molar-refractivity contribution in [1.29, 1.82) is 0 Å². The van der Waals surface area contributed by atoms with Gasteiger partial charge < -0.3 is 14.2 Å². The summed E-state index contributed by atoms with van der Waals surface area (Å²) < 4.78 is 18.4. The Morgan fingerprint density at radius 3 is 2.33 bits per heavy atom. The third kappa shape index (κ3) is 4.35. The van der Waals surface area contributed by atoms with Crippen molar-refractivity contribution in [3.8, 4) is 0 Å². The number of fused-ring (bicyclic) bond motifs is 1. The second-order valence-corrected chi connectivity index (χ2v) is 8.88. The van der Waals surface area contributed by atoms with Crippen LogP contribution in [-0.2, 0) is 25.4 Å². The van der Waals surface area contributed by atoms with Gasteiger partial charge >= 0.3 is 5.97 Å². The number of rotatable bonds is 5. The quantitative estimate of drug-likeness (QED) is 0.642. The second-order valence-electron chi connectivity index (χ2n) is 8.88. The smallest absolute Gasteiger partial charge is 0.317 e. The minimum absolute atomic E-state index is 0.150. The van der Waals surface area contributed by atoms with E-state index in [9.17, 15) is 4.79 Å². The van der Waals surface area contributed by atoms with E-state index in [0.29, 0.717) is 6.42 Å². The molecule has 0 spiro atoms. The van der Waals surface area contributed by atoms with Crippen molar-refractivity contribution >= 4 is 12.0 Å². The minimum atomic E-state index is -0.871. The van der Waals surface area contributed by atoms with Crippen LogP contribution in [0.15, 0.2) is 66.7 Å². The maximum absolute atomic E-state index is 13.2. The monoisotopic (exact) mass is 406 g/mol. The molecule has 158 valence electrons. The molecule has 0 unspecified atom stereocenters. The number of carbonyl (C=O) groups excluding carboxylic acids is 1. The van der Waals surface area contributed by atoms with Crippen molar-refractivity contribution in [2.45, 2.75) is 64.1 Å². The van der Waals surface area contributed by atoms with Gasteiger partial charge in [-0.2, -0.15) is 0 Å². The van der Waals surface area contributed by atoms with Crippen LogP contribution in [0.4, 0.5) is 0 Å². The Morgan fingerprint density at radius 2 is 1.63 bits per heavy atom. The molecule has 30 heavy (non-hydrogen) atoms. The fraction of sp³-hybridized carbons (Fsp3) is 0.423. The average Bonchev–Trinajstić information content (AvgIpc) is 2.73. The van der Waals surface area contributed by atoms with Crippen molar-refractivity contribution in [3.63, 3.8) is 0 Å². The first kappa shape index (κ1) is 20.8. The predicted octanol–water partition coefficient (Wildman–Crippen LogP) is 5.17. The molecule has 0 radical (unpaired) electrons. The highest BCUT2D eigenvalue weighted by Crippen LogP contribution is 2.47. The summed E-state index contributed by atoms with van der Waals surface area (Å²) in [5.41, 5.74) is 1.44. The molecule has 2 saturated heterocycles. The van der Waals surface area contributed by atoms with Crippen LogP contribution in [0.2, 0.25) is 0 Å². The average molecular weight is 407 g/mol. The molecule has 2 aliphatic heterocycles. The first-order chi connectivity index (χ1) is 14.4. The number of benzene rings is 2. The van der Waals surface area contributed by atoms with E-state index in [0.717, 1.165) is 18.4 Å². The Balaban J connectivity index is 1.52. The summed E-state index contributed by atoms with van der Waals surface area (Å²) in [6.07, 6.45) is 5.49. The molecule has 0 N–H and O–H groups in total. The largest absolute Gasteiger partial charge is 0.462 e. The van der Waals surface area contributed by atoms with Gasteiger partial charge in [-0.25, -0.2) is 0 Å². The van der Waals surface area contributed by atoms with Gasteiger partial charge in [-0.15, -0.1) is 0 Å². The molecule has 4 rings (SSSR count). The van der Waals surface area contributed by atoms with Crippen molar-refractivity contribution in [1.82, 2.24) is 0 Å². The van der Waals surface area contributed by atoms with Gasteiger partial charge in [-0.1, -0.05) is 72.8 Å². The summed E-state index contributed by atoms with van der Waals surface area (Å²) in [6.45, 7) is 5.73. The van der Waals surface area contributed by atoms with Gasteiger partial charge in [-0.3, -0.25) is 4.79 Å². The zero-order valence-corrected chi connectivity index (χ0v) is 17.9. The molecule has 0 amide bonds. The summed E-state index contributed by atoms with van der Waals surface area (Å²) in [5.74, 6) is -1.01. The Bertz CT molecular complexity index is 890. The molecule has 2 fully saturated rings. The van der Waals surface area contributed by atoms with E-state index in [1.165, 1.54) is 5.56 Å². The van der Waals surface area contributed by atoms with Gasteiger partial charge in [0.25, 0.3) is 0 Å². The topological polar surface area (TPSA) is 44.8 Å². The fourth-order valence-electron chi connectivity index (χ4n) is 4.36. The zero-order chi connectivity index (χ0) is 21.2. The zero-order valence-electron chi connectivity index (χ0n) is 17.9. The number of hydrogen-bond donors (Lipinski definition) is 0. The van der Waals surface area contributed by atoms with E-state index in [1.807, 2.05) is 81.5 Å². The van der Waals surface area contributed by atoms with Crippen LogP contribution in [-0.4, -0.2) is 30.1 Å². The molecule has 2 aromatic rings.